The lowest BCUT2D eigenvalue weighted by molar-refractivity contribution is -0.119. The molecule has 130 valence electrons. The first kappa shape index (κ1) is 16.4. The van der Waals surface area contributed by atoms with Crippen LogP contribution in [0.15, 0.2) is 41.5 Å². The molecule has 2 aromatic carbocycles. The van der Waals surface area contributed by atoms with Crippen LogP contribution in [-0.4, -0.2) is 37.7 Å². The Kier molecular flexibility index (Phi) is 4.89. The highest BCUT2D eigenvalue weighted by Gasteiger charge is 2.13. The van der Waals surface area contributed by atoms with Crippen LogP contribution >= 0.6 is 0 Å². The molecule has 0 saturated heterocycles. The van der Waals surface area contributed by atoms with E-state index in [1.54, 1.807) is 30.3 Å². The molecule has 0 fully saturated rings. The summed E-state index contributed by atoms with van der Waals surface area (Å²) in [4.78, 5) is 11.8. The fourth-order valence-electron chi connectivity index (χ4n) is 2.18. The van der Waals surface area contributed by atoms with Crippen molar-refractivity contribution >= 4 is 17.8 Å². The first-order valence-electron chi connectivity index (χ1n) is 7.48. The average molecular weight is 343 g/mol. The van der Waals surface area contributed by atoms with Gasteiger partial charge in [-0.05, 0) is 35.9 Å². The molecule has 1 heterocycles. The van der Waals surface area contributed by atoms with Gasteiger partial charge in [0.2, 0.25) is 6.79 Å². The van der Waals surface area contributed by atoms with Gasteiger partial charge in [-0.2, -0.15) is 5.10 Å². The highest BCUT2D eigenvalue weighted by atomic mass is 16.7. The van der Waals surface area contributed by atoms with Crippen LogP contribution < -0.4 is 25.0 Å². The molecule has 3 N–H and O–H groups in total. The summed E-state index contributed by atoms with van der Waals surface area (Å²) in [6.45, 7) is 0.256. The fraction of sp³-hybridized carbons (Fsp3) is 0.176. The zero-order chi connectivity index (χ0) is 17.6. The molecule has 0 aromatic heterocycles. The van der Waals surface area contributed by atoms with Gasteiger partial charge in [-0.3, -0.25) is 4.79 Å². The van der Waals surface area contributed by atoms with E-state index in [9.17, 15) is 9.90 Å². The second-order valence-corrected chi connectivity index (χ2v) is 5.15. The second kappa shape index (κ2) is 7.43. The van der Waals surface area contributed by atoms with Crippen molar-refractivity contribution in [3.05, 3.63) is 42.0 Å². The van der Waals surface area contributed by atoms with E-state index in [0.29, 0.717) is 22.8 Å². The Labute approximate surface area is 144 Å². The summed E-state index contributed by atoms with van der Waals surface area (Å²) in [5.74, 6) is 1.39. The third kappa shape index (κ3) is 4.11. The summed E-state index contributed by atoms with van der Waals surface area (Å²) in [7, 11) is 1.46. The largest absolute Gasteiger partial charge is 0.504 e. The van der Waals surface area contributed by atoms with Crippen LogP contribution in [0.5, 0.6) is 23.0 Å². The van der Waals surface area contributed by atoms with Gasteiger partial charge in [-0.1, -0.05) is 0 Å². The number of hydrogen-bond acceptors (Lipinski definition) is 7. The van der Waals surface area contributed by atoms with Gasteiger partial charge in [0.15, 0.2) is 23.0 Å². The van der Waals surface area contributed by atoms with Gasteiger partial charge in [0.05, 0.1) is 19.9 Å². The number of anilines is 1. The number of aromatic hydroxyl groups is 1. The van der Waals surface area contributed by atoms with Crippen molar-refractivity contribution in [2.45, 2.75) is 0 Å². The molecule has 0 radical (unpaired) electrons. The number of carbonyl (C=O) groups is 1. The number of nitrogens with zero attached hydrogens (tertiary/aromatic N) is 1. The average Bonchev–Trinajstić information content (AvgIpc) is 3.09. The third-order valence-corrected chi connectivity index (χ3v) is 3.43. The zero-order valence-electron chi connectivity index (χ0n) is 13.5. The predicted octanol–water partition coefficient (Wildman–Crippen LogP) is 1.69. The minimum absolute atomic E-state index is 0.0385. The molecule has 1 amide bonds. The Morgan fingerprint density at radius 3 is 2.96 bits per heavy atom. The van der Waals surface area contributed by atoms with Gasteiger partial charge < -0.3 is 24.6 Å². The summed E-state index contributed by atoms with van der Waals surface area (Å²) in [6, 6.07) is 10.1. The lowest BCUT2D eigenvalue weighted by Gasteiger charge is -2.06. The minimum atomic E-state index is -0.306. The maximum atomic E-state index is 11.8. The smallest absolute Gasteiger partial charge is 0.259 e. The summed E-state index contributed by atoms with van der Waals surface area (Å²) in [6.07, 6.45) is 1.46. The van der Waals surface area contributed by atoms with E-state index in [0.717, 1.165) is 5.69 Å². The normalized spacial score (nSPS) is 12.2. The minimum Gasteiger partial charge on any atom is -0.504 e. The van der Waals surface area contributed by atoms with Crippen LogP contribution in [-0.2, 0) is 4.79 Å². The fourth-order valence-corrected chi connectivity index (χ4v) is 2.18. The molecular formula is C17H17N3O5. The molecule has 8 nitrogen and oxygen atoms in total. The lowest BCUT2D eigenvalue weighted by Crippen LogP contribution is -2.25. The molecule has 25 heavy (non-hydrogen) atoms. The Morgan fingerprint density at radius 2 is 2.12 bits per heavy atom. The quantitative estimate of drug-likeness (QED) is 0.545. The van der Waals surface area contributed by atoms with Crippen LogP contribution in [0.25, 0.3) is 0 Å². The molecule has 2 aromatic rings. The van der Waals surface area contributed by atoms with Gasteiger partial charge in [-0.15, -0.1) is 0 Å². The number of benzene rings is 2. The Balaban J connectivity index is 1.49. The van der Waals surface area contributed by atoms with E-state index in [1.165, 1.54) is 19.4 Å². The van der Waals surface area contributed by atoms with Gasteiger partial charge in [0.1, 0.15) is 0 Å². The second-order valence-electron chi connectivity index (χ2n) is 5.15. The van der Waals surface area contributed by atoms with E-state index in [1.807, 2.05) is 0 Å². The molecule has 1 aliphatic heterocycles. The number of carbonyl (C=O) groups excluding carboxylic acids is 1. The van der Waals surface area contributed by atoms with E-state index in [-0.39, 0.29) is 25.0 Å². The molecule has 8 heteroatoms. The summed E-state index contributed by atoms with van der Waals surface area (Å²) in [5, 5.41) is 16.4. The summed E-state index contributed by atoms with van der Waals surface area (Å²) < 4.78 is 15.5. The molecule has 0 unspecified atom stereocenters. The molecule has 0 atom stereocenters. The number of hydrogen-bond donors (Lipinski definition) is 3. The monoisotopic (exact) mass is 343 g/mol. The third-order valence-electron chi connectivity index (χ3n) is 3.43. The van der Waals surface area contributed by atoms with E-state index in [4.69, 9.17) is 14.2 Å². The number of phenolic OH excluding ortho intramolecular Hbond substituents is 1. The Morgan fingerprint density at radius 1 is 1.28 bits per heavy atom. The van der Waals surface area contributed by atoms with Crippen molar-refractivity contribution in [1.82, 2.24) is 5.43 Å². The topological polar surface area (TPSA) is 101 Å². The number of phenols is 1. The van der Waals surface area contributed by atoms with E-state index in [2.05, 4.69) is 15.8 Å². The molecular weight excluding hydrogens is 326 g/mol. The number of ether oxygens (including phenoxy) is 3. The first-order valence-corrected chi connectivity index (χ1v) is 7.48. The standard InChI is InChI=1S/C17H17N3O5/c1-23-15-6-11(2-4-13(15)21)8-19-20-17(22)9-18-12-3-5-14-16(7-12)25-10-24-14/h2-8,18,21H,9-10H2,1H3,(H,20,22)/b19-8+. The molecule has 0 spiro atoms. The van der Waals surface area contributed by atoms with E-state index < -0.39 is 0 Å². The van der Waals surface area contributed by atoms with Crippen LogP contribution in [0, 0.1) is 0 Å². The van der Waals surface area contributed by atoms with Crippen LogP contribution in [0.2, 0.25) is 0 Å². The predicted molar refractivity (Wildman–Crippen MR) is 91.5 cm³/mol. The van der Waals surface area contributed by atoms with Gasteiger partial charge in [0.25, 0.3) is 5.91 Å². The molecule has 0 aliphatic carbocycles. The van der Waals surface area contributed by atoms with Crippen molar-refractivity contribution in [2.24, 2.45) is 5.10 Å². The van der Waals surface area contributed by atoms with Gasteiger partial charge in [0, 0.05) is 11.8 Å². The highest BCUT2D eigenvalue weighted by molar-refractivity contribution is 5.84. The molecule has 0 saturated carbocycles. The summed E-state index contributed by atoms with van der Waals surface area (Å²) in [5.41, 5.74) is 3.84. The number of nitrogens with one attached hydrogen (secondary N) is 2. The van der Waals surface area contributed by atoms with Crippen LogP contribution in [0.3, 0.4) is 0 Å². The zero-order valence-corrected chi connectivity index (χ0v) is 13.5. The summed E-state index contributed by atoms with van der Waals surface area (Å²) >= 11 is 0. The van der Waals surface area contributed by atoms with Crippen molar-refractivity contribution < 1.29 is 24.1 Å². The molecule has 3 rings (SSSR count). The number of rotatable bonds is 6. The van der Waals surface area contributed by atoms with Crippen LogP contribution in [0.4, 0.5) is 5.69 Å². The van der Waals surface area contributed by atoms with Crippen molar-refractivity contribution in [1.29, 1.82) is 0 Å². The first-order chi connectivity index (χ1) is 12.2. The number of methoxy groups -OCH3 is 1. The number of fused-ring (bicyclic) bond motifs is 1. The molecule has 0 bridgehead atoms. The Bertz CT molecular complexity index is 807. The highest BCUT2D eigenvalue weighted by Crippen LogP contribution is 2.34. The maximum Gasteiger partial charge on any atom is 0.259 e. The molecule has 1 aliphatic rings. The Hall–Kier alpha value is -3.42. The lowest BCUT2D eigenvalue weighted by atomic mass is 10.2. The van der Waals surface area contributed by atoms with Crippen molar-refractivity contribution in [2.75, 3.05) is 25.8 Å². The van der Waals surface area contributed by atoms with Gasteiger partial charge in [-0.25, -0.2) is 5.43 Å². The van der Waals surface area contributed by atoms with Crippen molar-refractivity contribution in [3.63, 3.8) is 0 Å². The van der Waals surface area contributed by atoms with Crippen LogP contribution in [0.1, 0.15) is 5.56 Å². The van der Waals surface area contributed by atoms with Gasteiger partial charge >= 0.3 is 0 Å². The van der Waals surface area contributed by atoms with E-state index >= 15 is 0 Å². The van der Waals surface area contributed by atoms with Crippen molar-refractivity contribution in [3.8, 4) is 23.0 Å². The maximum absolute atomic E-state index is 11.8. The number of hydrazone groups is 1. The number of amides is 1. The SMILES string of the molecule is COc1cc(/C=N/NC(=O)CNc2ccc3c(c2)OCO3)ccc1O.